The van der Waals surface area contributed by atoms with Crippen LogP contribution in [-0.4, -0.2) is 21.6 Å². The molecular formula is C22H22ClN3O3S. The predicted octanol–water partition coefficient (Wildman–Crippen LogP) is 3.87. The Bertz CT molecular complexity index is 1220. The largest absolute Gasteiger partial charge is 0.354 e. The van der Waals surface area contributed by atoms with Crippen LogP contribution in [0.2, 0.25) is 5.02 Å². The summed E-state index contributed by atoms with van der Waals surface area (Å²) in [7, 11) is 0. The lowest BCUT2D eigenvalue weighted by Gasteiger charge is -2.14. The summed E-state index contributed by atoms with van der Waals surface area (Å²) in [6, 6.07) is 8.19. The molecule has 0 atom stereocenters. The van der Waals surface area contributed by atoms with Crippen LogP contribution < -0.4 is 16.6 Å². The van der Waals surface area contributed by atoms with Crippen molar-refractivity contribution in [3.05, 3.63) is 73.2 Å². The molecule has 0 spiro atoms. The highest BCUT2D eigenvalue weighted by molar-refractivity contribution is 7.17. The van der Waals surface area contributed by atoms with Crippen LogP contribution in [0, 0.1) is 0 Å². The van der Waals surface area contributed by atoms with E-state index in [0.717, 1.165) is 23.8 Å². The van der Waals surface area contributed by atoms with Gasteiger partial charge in [0.1, 0.15) is 11.2 Å². The minimum Gasteiger partial charge on any atom is -0.354 e. The average Bonchev–Trinajstić information content (AvgIpc) is 3.24. The van der Waals surface area contributed by atoms with Crippen LogP contribution in [0.1, 0.15) is 32.1 Å². The molecule has 0 unspecified atom stereocenters. The lowest BCUT2D eigenvalue weighted by atomic mass is 9.97. The summed E-state index contributed by atoms with van der Waals surface area (Å²) in [4.78, 5) is 38.6. The third-order valence-electron chi connectivity index (χ3n) is 5.29. The van der Waals surface area contributed by atoms with Gasteiger partial charge >= 0.3 is 5.69 Å². The first-order valence-electron chi connectivity index (χ1n) is 9.98. The molecule has 0 radical (unpaired) electrons. The molecule has 30 heavy (non-hydrogen) atoms. The number of fused-ring (bicyclic) bond motifs is 1. The molecule has 0 saturated carbocycles. The molecule has 0 bridgehead atoms. The summed E-state index contributed by atoms with van der Waals surface area (Å²) in [5.74, 6) is -0.248. The number of carbonyl (C=O) groups is 1. The summed E-state index contributed by atoms with van der Waals surface area (Å²) in [5.41, 5.74) is 1.34. The molecule has 1 N–H and O–H groups in total. The van der Waals surface area contributed by atoms with Gasteiger partial charge in [0.2, 0.25) is 5.91 Å². The van der Waals surface area contributed by atoms with Gasteiger partial charge in [-0.25, -0.2) is 9.36 Å². The molecule has 1 aliphatic rings. The number of aromatic nitrogens is 2. The topological polar surface area (TPSA) is 73.1 Å². The molecule has 2 aromatic heterocycles. The maximum atomic E-state index is 13.2. The van der Waals surface area contributed by atoms with Crippen LogP contribution >= 0.6 is 22.9 Å². The highest BCUT2D eigenvalue weighted by atomic mass is 35.5. The first-order valence-corrected chi connectivity index (χ1v) is 11.2. The Morgan fingerprint density at radius 2 is 1.93 bits per heavy atom. The highest BCUT2D eigenvalue weighted by Crippen LogP contribution is 2.20. The molecule has 6 nitrogen and oxygen atoms in total. The lowest BCUT2D eigenvalue weighted by molar-refractivity contribution is -0.121. The molecule has 0 aliphatic heterocycles. The number of nitrogens with one attached hydrogen (secondary N) is 1. The quantitative estimate of drug-likeness (QED) is 0.587. The molecule has 1 aromatic carbocycles. The van der Waals surface area contributed by atoms with Gasteiger partial charge in [0.05, 0.1) is 11.2 Å². The molecule has 156 valence electrons. The number of amides is 1. The number of rotatable bonds is 6. The average molecular weight is 444 g/mol. The van der Waals surface area contributed by atoms with Gasteiger partial charge in [0.25, 0.3) is 5.56 Å². The number of benzene rings is 1. The van der Waals surface area contributed by atoms with E-state index in [9.17, 15) is 14.4 Å². The van der Waals surface area contributed by atoms with Gasteiger partial charge in [-0.2, -0.15) is 0 Å². The van der Waals surface area contributed by atoms with Gasteiger partial charge in [-0.15, -0.1) is 11.3 Å². The van der Waals surface area contributed by atoms with Crippen LogP contribution in [0.25, 0.3) is 15.9 Å². The Hall–Kier alpha value is -2.64. The van der Waals surface area contributed by atoms with E-state index in [1.807, 2.05) is 0 Å². The second kappa shape index (κ2) is 9.02. The zero-order valence-electron chi connectivity index (χ0n) is 16.4. The van der Waals surface area contributed by atoms with Crippen molar-refractivity contribution < 1.29 is 4.79 Å². The number of halogens is 1. The number of nitrogens with zero attached hydrogens (tertiary/aromatic N) is 2. The van der Waals surface area contributed by atoms with Crippen molar-refractivity contribution >= 4 is 39.1 Å². The van der Waals surface area contributed by atoms with Gasteiger partial charge in [0, 0.05) is 11.6 Å². The molecule has 8 heteroatoms. The van der Waals surface area contributed by atoms with Crippen molar-refractivity contribution in [1.82, 2.24) is 14.5 Å². The summed E-state index contributed by atoms with van der Waals surface area (Å²) < 4.78 is 2.89. The van der Waals surface area contributed by atoms with Crippen molar-refractivity contribution in [2.24, 2.45) is 0 Å². The van der Waals surface area contributed by atoms with E-state index in [0.29, 0.717) is 27.5 Å². The Kier molecular flexibility index (Phi) is 6.20. The summed E-state index contributed by atoms with van der Waals surface area (Å²) in [5, 5.41) is 5.17. The number of hydrogen-bond donors (Lipinski definition) is 1. The molecule has 0 fully saturated rings. The monoisotopic (exact) mass is 443 g/mol. The smallest absolute Gasteiger partial charge is 0.336 e. The zero-order valence-corrected chi connectivity index (χ0v) is 18.0. The highest BCUT2D eigenvalue weighted by Gasteiger charge is 2.17. The van der Waals surface area contributed by atoms with E-state index in [2.05, 4.69) is 11.4 Å². The zero-order chi connectivity index (χ0) is 21.1. The Morgan fingerprint density at radius 3 is 2.67 bits per heavy atom. The maximum Gasteiger partial charge on any atom is 0.336 e. The predicted molar refractivity (Wildman–Crippen MR) is 121 cm³/mol. The van der Waals surface area contributed by atoms with Gasteiger partial charge in [0.15, 0.2) is 0 Å². The van der Waals surface area contributed by atoms with Gasteiger partial charge in [-0.05, 0) is 67.8 Å². The Balaban J connectivity index is 1.60. The minimum atomic E-state index is -0.543. The standard InChI is InChI=1S/C22H22ClN3O3S/c23-16-6-8-17(9-7-16)26-21(28)20-18(11-13-30-20)25(22(26)29)14-19(27)24-12-10-15-4-2-1-3-5-15/h4,6-9,11,13H,1-3,5,10,12,14H2,(H,24,27). The van der Waals surface area contributed by atoms with E-state index < -0.39 is 11.2 Å². The number of thiophene rings is 1. The second-order valence-electron chi connectivity index (χ2n) is 7.33. The van der Waals surface area contributed by atoms with Crippen molar-refractivity contribution in [2.75, 3.05) is 6.54 Å². The molecule has 4 rings (SSSR count). The van der Waals surface area contributed by atoms with E-state index >= 15 is 0 Å². The van der Waals surface area contributed by atoms with Crippen molar-refractivity contribution in [2.45, 2.75) is 38.6 Å². The number of hydrogen-bond acceptors (Lipinski definition) is 4. The van der Waals surface area contributed by atoms with Crippen molar-refractivity contribution in [3.8, 4) is 5.69 Å². The van der Waals surface area contributed by atoms with E-state index in [1.165, 1.54) is 34.3 Å². The second-order valence-corrected chi connectivity index (χ2v) is 8.68. The van der Waals surface area contributed by atoms with Crippen LogP contribution in [-0.2, 0) is 11.3 Å². The molecule has 1 amide bonds. The van der Waals surface area contributed by atoms with Crippen LogP contribution in [0.15, 0.2) is 57.0 Å². The molecule has 0 saturated heterocycles. The first-order chi connectivity index (χ1) is 14.5. The Morgan fingerprint density at radius 1 is 1.13 bits per heavy atom. The van der Waals surface area contributed by atoms with E-state index in [-0.39, 0.29) is 12.5 Å². The maximum absolute atomic E-state index is 13.2. The third kappa shape index (κ3) is 4.27. The minimum absolute atomic E-state index is 0.140. The van der Waals surface area contributed by atoms with Crippen molar-refractivity contribution in [3.63, 3.8) is 0 Å². The van der Waals surface area contributed by atoms with Gasteiger partial charge in [-0.1, -0.05) is 23.3 Å². The fourth-order valence-corrected chi connectivity index (χ4v) is 4.70. The summed E-state index contributed by atoms with van der Waals surface area (Å²) >= 11 is 7.19. The fourth-order valence-electron chi connectivity index (χ4n) is 3.75. The van der Waals surface area contributed by atoms with Crippen molar-refractivity contribution in [1.29, 1.82) is 0 Å². The van der Waals surface area contributed by atoms with Crippen LogP contribution in [0.3, 0.4) is 0 Å². The normalized spacial score (nSPS) is 14.0. The fraction of sp³-hybridized carbons (Fsp3) is 0.318. The van der Waals surface area contributed by atoms with Gasteiger partial charge in [-0.3, -0.25) is 14.2 Å². The summed E-state index contributed by atoms with van der Waals surface area (Å²) in [6.07, 6.45) is 7.74. The van der Waals surface area contributed by atoms with E-state index in [4.69, 9.17) is 11.6 Å². The Labute approximate surface area is 182 Å². The first kappa shape index (κ1) is 20.6. The molecule has 2 heterocycles. The van der Waals surface area contributed by atoms with Crippen LogP contribution in [0.5, 0.6) is 0 Å². The molecule has 3 aromatic rings. The van der Waals surface area contributed by atoms with Crippen LogP contribution in [0.4, 0.5) is 0 Å². The van der Waals surface area contributed by atoms with Gasteiger partial charge < -0.3 is 5.32 Å². The molecule has 1 aliphatic carbocycles. The number of allylic oxidation sites excluding steroid dienone is 1. The SMILES string of the molecule is O=C(Cn1c(=O)n(-c2ccc(Cl)cc2)c(=O)c2sccc21)NCCC1=CCCCC1. The third-order valence-corrected chi connectivity index (χ3v) is 6.44. The number of carbonyl (C=O) groups excluding carboxylic acids is 1. The van der Waals surface area contributed by atoms with E-state index in [1.54, 1.807) is 35.7 Å². The lowest BCUT2D eigenvalue weighted by Crippen LogP contribution is -2.41. The molecular weight excluding hydrogens is 422 g/mol. The summed E-state index contributed by atoms with van der Waals surface area (Å²) in [6.45, 7) is 0.405.